The van der Waals surface area contributed by atoms with Gasteiger partial charge in [0.25, 0.3) is 0 Å². The van der Waals surface area contributed by atoms with Gasteiger partial charge in [0.1, 0.15) is 0 Å². The molecule has 0 amide bonds. The molecule has 0 fully saturated rings. The van der Waals surface area contributed by atoms with Gasteiger partial charge < -0.3 is 24.8 Å². The number of halogens is 2. The minimum absolute atomic E-state index is 0. The number of rotatable bonds is 0. The number of benzene rings is 2. The van der Waals surface area contributed by atoms with Crippen LogP contribution in [-0.2, 0) is 26.2 Å². The van der Waals surface area contributed by atoms with E-state index in [9.17, 15) is 0 Å². The van der Waals surface area contributed by atoms with Crippen LogP contribution in [-0.4, -0.2) is 0 Å². The third-order valence-electron chi connectivity index (χ3n) is 4.64. The maximum Gasteiger partial charge on any atom is 4.00 e. The molecule has 3 heteroatoms. The summed E-state index contributed by atoms with van der Waals surface area (Å²) in [6, 6.07) is 18.0. The molecule has 0 saturated carbocycles. The fraction of sp³-hybridized carbons (Fsp3) is 0.250. The third kappa shape index (κ3) is 6.05. The first-order valence-corrected chi connectivity index (χ1v) is 8.62. The Morgan fingerprint density at radius 1 is 0.519 bits per heavy atom. The molecule has 0 aliphatic heterocycles. The van der Waals surface area contributed by atoms with Crippen molar-refractivity contribution in [1.29, 1.82) is 0 Å². The molecule has 4 aromatic rings. The molecule has 0 aliphatic rings. The Morgan fingerprint density at radius 2 is 0.852 bits per heavy atom. The summed E-state index contributed by atoms with van der Waals surface area (Å²) < 4.78 is 0. The van der Waals surface area contributed by atoms with Gasteiger partial charge in [0.15, 0.2) is 0 Å². The van der Waals surface area contributed by atoms with Crippen LogP contribution in [0.15, 0.2) is 48.5 Å². The number of hydrogen-bond donors (Lipinski definition) is 0. The Balaban J connectivity index is 0.000000451. The van der Waals surface area contributed by atoms with Crippen LogP contribution in [0.4, 0.5) is 0 Å². The Morgan fingerprint density at radius 3 is 1.19 bits per heavy atom. The smallest absolute Gasteiger partial charge is 1.00 e. The average molecular weight is 477 g/mol. The zero-order chi connectivity index (χ0) is 17.4. The zero-order valence-electron chi connectivity index (χ0n) is 16.9. The first-order chi connectivity index (χ1) is 11.3. The Hall–Kier alpha value is -0.877. The van der Waals surface area contributed by atoms with Gasteiger partial charge in [-0.05, 0) is 27.7 Å². The van der Waals surface area contributed by atoms with Crippen molar-refractivity contribution in [3.8, 4) is 0 Å². The number of hydrogen-bond acceptors (Lipinski definition) is 0. The molecule has 0 bridgehead atoms. The van der Waals surface area contributed by atoms with Crippen LogP contribution >= 0.6 is 0 Å². The van der Waals surface area contributed by atoms with Gasteiger partial charge in [0.2, 0.25) is 0 Å². The molecular formula is C24H26Cl2Zr. The van der Waals surface area contributed by atoms with E-state index in [1.165, 1.54) is 54.9 Å². The molecule has 140 valence electrons. The van der Waals surface area contributed by atoms with Gasteiger partial charge >= 0.3 is 26.2 Å². The first-order valence-electron chi connectivity index (χ1n) is 8.62. The third-order valence-corrected chi connectivity index (χ3v) is 4.64. The van der Waals surface area contributed by atoms with Crippen molar-refractivity contribution >= 4 is 21.5 Å². The van der Waals surface area contributed by atoms with Gasteiger partial charge in [-0.1, -0.05) is 48.2 Å². The molecule has 4 aromatic carbocycles. The van der Waals surface area contributed by atoms with E-state index in [4.69, 9.17) is 0 Å². The fourth-order valence-corrected chi connectivity index (χ4v) is 3.69. The molecule has 0 atom stereocenters. The molecule has 0 unspecified atom stereocenters. The number of aryl methyl sites for hydroxylation is 6. The molecule has 27 heavy (non-hydrogen) atoms. The molecule has 0 aliphatic carbocycles. The standard InChI is InChI=1S/2C12H13.2ClH.Zr/c2*1-8-4-10(3)12-7-9(2)6-11(12)5-8;;;/h2*4-7H,1-3H3;2*1H;/q2*-1;;;+4/p-2. The maximum atomic E-state index is 2.25. The van der Waals surface area contributed by atoms with E-state index in [1.54, 1.807) is 0 Å². The minimum atomic E-state index is 0. The van der Waals surface area contributed by atoms with Crippen molar-refractivity contribution in [2.45, 2.75) is 41.5 Å². The summed E-state index contributed by atoms with van der Waals surface area (Å²) in [4.78, 5) is 0. The van der Waals surface area contributed by atoms with Gasteiger partial charge in [-0.2, -0.15) is 12.1 Å². The quantitative estimate of drug-likeness (QED) is 0.332. The minimum Gasteiger partial charge on any atom is -1.00 e. The Kier molecular flexibility index (Phi) is 10.3. The molecule has 0 aromatic heterocycles. The first kappa shape index (κ1) is 26.1. The van der Waals surface area contributed by atoms with E-state index in [0.717, 1.165) is 0 Å². The predicted molar refractivity (Wildman–Crippen MR) is 108 cm³/mol. The van der Waals surface area contributed by atoms with Crippen LogP contribution < -0.4 is 24.8 Å². The maximum absolute atomic E-state index is 2.25. The van der Waals surface area contributed by atoms with Crippen molar-refractivity contribution in [2.24, 2.45) is 0 Å². The summed E-state index contributed by atoms with van der Waals surface area (Å²) in [6.07, 6.45) is 0. The van der Waals surface area contributed by atoms with Crippen LogP contribution in [0.5, 0.6) is 0 Å². The van der Waals surface area contributed by atoms with E-state index >= 15 is 0 Å². The Labute approximate surface area is 195 Å². The SMILES string of the molecule is Cc1cc(C)c2cc(C)[cH-]c2c1.Cc1cc(C)c2cc(C)[cH-]c2c1.[Cl-].[Cl-].[Zr+4]. The summed E-state index contributed by atoms with van der Waals surface area (Å²) in [5.74, 6) is 0. The molecule has 0 saturated heterocycles. The molecule has 4 rings (SSSR count). The molecule has 0 radical (unpaired) electrons. The van der Waals surface area contributed by atoms with Gasteiger partial charge in [0, 0.05) is 0 Å². The van der Waals surface area contributed by atoms with Gasteiger partial charge in [0.05, 0.1) is 0 Å². The largest absolute Gasteiger partial charge is 4.00 e. The van der Waals surface area contributed by atoms with E-state index in [0.29, 0.717) is 0 Å². The summed E-state index contributed by atoms with van der Waals surface area (Å²) in [7, 11) is 0. The summed E-state index contributed by atoms with van der Waals surface area (Å²) in [6.45, 7) is 12.9. The summed E-state index contributed by atoms with van der Waals surface area (Å²) in [5.41, 5.74) is 8.20. The average Bonchev–Trinajstić information content (AvgIpc) is 3.01. The molecule has 0 spiro atoms. The van der Waals surface area contributed by atoms with Crippen molar-refractivity contribution < 1.29 is 51.0 Å². The second kappa shape index (κ2) is 10.6. The zero-order valence-corrected chi connectivity index (χ0v) is 20.8. The van der Waals surface area contributed by atoms with Crippen molar-refractivity contribution in [3.05, 3.63) is 81.9 Å². The van der Waals surface area contributed by atoms with Gasteiger partial charge in [-0.25, -0.2) is 0 Å². The monoisotopic (exact) mass is 474 g/mol. The Bertz CT molecular complexity index is 938. The second-order valence-electron chi connectivity index (χ2n) is 7.23. The summed E-state index contributed by atoms with van der Waals surface area (Å²) in [5, 5.41) is 5.56. The van der Waals surface area contributed by atoms with Crippen LogP contribution in [0.1, 0.15) is 33.4 Å². The van der Waals surface area contributed by atoms with Crippen LogP contribution in [0.25, 0.3) is 21.5 Å². The van der Waals surface area contributed by atoms with E-state index in [1.807, 2.05) is 0 Å². The van der Waals surface area contributed by atoms with Crippen molar-refractivity contribution in [3.63, 3.8) is 0 Å². The van der Waals surface area contributed by atoms with E-state index in [-0.39, 0.29) is 51.0 Å². The predicted octanol–water partition coefficient (Wildman–Crippen LogP) is 0.973. The van der Waals surface area contributed by atoms with E-state index < -0.39 is 0 Å². The second-order valence-corrected chi connectivity index (χ2v) is 7.23. The van der Waals surface area contributed by atoms with Crippen LogP contribution in [0.2, 0.25) is 0 Å². The molecule has 0 heterocycles. The molecular weight excluding hydrogens is 450 g/mol. The summed E-state index contributed by atoms with van der Waals surface area (Å²) >= 11 is 0. The topological polar surface area (TPSA) is 0 Å². The van der Waals surface area contributed by atoms with Crippen molar-refractivity contribution in [1.82, 2.24) is 0 Å². The normalized spacial score (nSPS) is 9.70. The van der Waals surface area contributed by atoms with Gasteiger partial charge in [-0.15, -0.1) is 56.9 Å². The number of fused-ring (bicyclic) bond motifs is 2. The van der Waals surface area contributed by atoms with E-state index in [2.05, 4.69) is 90.1 Å². The van der Waals surface area contributed by atoms with Crippen LogP contribution in [0.3, 0.4) is 0 Å². The fourth-order valence-electron chi connectivity index (χ4n) is 3.69. The molecule has 0 N–H and O–H groups in total. The van der Waals surface area contributed by atoms with Crippen molar-refractivity contribution in [2.75, 3.05) is 0 Å². The molecule has 0 nitrogen and oxygen atoms in total. The van der Waals surface area contributed by atoms with Gasteiger partial charge in [-0.3, -0.25) is 0 Å². The van der Waals surface area contributed by atoms with Crippen LogP contribution in [0, 0.1) is 41.5 Å².